The van der Waals surface area contributed by atoms with Crippen molar-refractivity contribution in [3.63, 3.8) is 0 Å². The molecule has 0 aliphatic rings. The van der Waals surface area contributed by atoms with E-state index in [4.69, 9.17) is 10.5 Å². The van der Waals surface area contributed by atoms with E-state index in [-0.39, 0.29) is 12.1 Å². The largest absolute Gasteiger partial charge is 0.380 e. The molecule has 2 atom stereocenters. The minimum atomic E-state index is 0.0126. The Morgan fingerprint density at radius 3 is 2.75 bits per heavy atom. The summed E-state index contributed by atoms with van der Waals surface area (Å²) in [4.78, 5) is 4.31. The Hall–Kier alpha value is -0.450. The summed E-state index contributed by atoms with van der Waals surface area (Å²) < 4.78 is 6.37. The van der Waals surface area contributed by atoms with E-state index < -0.39 is 0 Å². The van der Waals surface area contributed by atoms with Gasteiger partial charge in [-0.25, -0.2) is 0 Å². The van der Waals surface area contributed by atoms with Crippen LogP contribution in [0.4, 0.5) is 0 Å². The first-order chi connectivity index (χ1) is 7.67. The number of rotatable bonds is 6. The lowest BCUT2D eigenvalue weighted by atomic mass is 10.0. The second-order valence-electron chi connectivity index (χ2n) is 3.90. The van der Waals surface area contributed by atoms with Crippen molar-refractivity contribution in [3.05, 3.63) is 28.5 Å². The third-order valence-corrected chi connectivity index (χ3v) is 3.06. The molecule has 0 spiro atoms. The van der Waals surface area contributed by atoms with Gasteiger partial charge in [-0.15, -0.1) is 0 Å². The van der Waals surface area contributed by atoms with Crippen molar-refractivity contribution < 1.29 is 4.74 Å². The van der Waals surface area contributed by atoms with Crippen LogP contribution >= 0.6 is 15.9 Å². The molecule has 3 nitrogen and oxygen atoms in total. The van der Waals surface area contributed by atoms with E-state index in [1.165, 1.54) is 0 Å². The van der Waals surface area contributed by atoms with Gasteiger partial charge >= 0.3 is 0 Å². The van der Waals surface area contributed by atoms with Crippen LogP contribution in [-0.4, -0.2) is 24.2 Å². The Balaban J connectivity index is 2.55. The molecule has 1 aromatic heterocycles. The Labute approximate surface area is 106 Å². The number of halogens is 1. The smallest absolute Gasteiger partial charge is 0.0725 e. The highest BCUT2D eigenvalue weighted by Crippen LogP contribution is 2.12. The summed E-state index contributed by atoms with van der Waals surface area (Å²) in [6.07, 6.45) is 4.75. The first-order valence-corrected chi connectivity index (χ1v) is 6.35. The van der Waals surface area contributed by atoms with Crippen molar-refractivity contribution in [2.24, 2.45) is 5.73 Å². The highest BCUT2D eigenvalue weighted by atomic mass is 79.9. The molecule has 2 N–H and O–H groups in total. The topological polar surface area (TPSA) is 48.1 Å². The second kappa shape index (κ2) is 6.99. The molecule has 0 saturated heterocycles. The lowest BCUT2D eigenvalue weighted by molar-refractivity contribution is 0.0724. The van der Waals surface area contributed by atoms with Crippen LogP contribution in [0.5, 0.6) is 0 Å². The van der Waals surface area contributed by atoms with E-state index in [2.05, 4.69) is 27.8 Å². The van der Waals surface area contributed by atoms with Gasteiger partial charge in [0, 0.05) is 35.9 Å². The maximum atomic E-state index is 6.11. The summed E-state index contributed by atoms with van der Waals surface area (Å²) in [5.74, 6) is 0. The molecule has 4 heteroatoms. The quantitative estimate of drug-likeness (QED) is 0.874. The van der Waals surface area contributed by atoms with Gasteiger partial charge in [-0.3, -0.25) is 4.98 Å². The number of methoxy groups -OCH3 is 1. The summed E-state index contributed by atoms with van der Waals surface area (Å²) in [7, 11) is 1.72. The molecule has 1 aromatic rings. The normalized spacial score (nSPS) is 14.8. The van der Waals surface area contributed by atoms with Crippen molar-refractivity contribution in [1.82, 2.24) is 4.98 Å². The molecule has 90 valence electrons. The van der Waals surface area contributed by atoms with Crippen LogP contribution in [0.15, 0.2) is 22.8 Å². The van der Waals surface area contributed by atoms with E-state index in [9.17, 15) is 0 Å². The first kappa shape index (κ1) is 13.6. The number of nitrogens with two attached hydrogens (primary N) is 1. The van der Waals surface area contributed by atoms with Crippen molar-refractivity contribution in [2.45, 2.75) is 38.3 Å². The van der Waals surface area contributed by atoms with Gasteiger partial charge in [-0.1, -0.05) is 13.3 Å². The average molecular weight is 287 g/mol. The molecule has 0 fully saturated rings. The Kier molecular flexibility index (Phi) is 5.95. The number of nitrogens with zero attached hydrogens (tertiary/aromatic N) is 1. The molecular formula is C12H19BrN2O. The van der Waals surface area contributed by atoms with Gasteiger partial charge in [-0.2, -0.15) is 0 Å². The molecule has 0 amide bonds. The molecule has 0 aliphatic heterocycles. The Morgan fingerprint density at radius 1 is 1.50 bits per heavy atom. The van der Waals surface area contributed by atoms with Gasteiger partial charge in [0.25, 0.3) is 0 Å². The zero-order chi connectivity index (χ0) is 12.0. The summed E-state index contributed by atoms with van der Waals surface area (Å²) in [5.41, 5.74) is 7.12. The molecule has 0 aromatic carbocycles. The van der Waals surface area contributed by atoms with E-state index in [0.29, 0.717) is 0 Å². The van der Waals surface area contributed by atoms with Gasteiger partial charge < -0.3 is 10.5 Å². The number of aromatic nitrogens is 1. The lowest BCUT2D eigenvalue weighted by Crippen LogP contribution is -2.38. The zero-order valence-corrected chi connectivity index (χ0v) is 11.4. The molecule has 1 heterocycles. The van der Waals surface area contributed by atoms with Crippen molar-refractivity contribution in [1.29, 1.82) is 0 Å². The molecule has 0 aliphatic carbocycles. The molecule has 2 unspecified atom stereocenters. The lowest BCUT2D eigenvalue weighted by Gasteiger charge is -2.21. The summed E-state index contributed by atoms with van der Waals surface area (Å²) in [6, 6.07) is 3.98. The molecule has 0 saturated carbocycles. The van der Waals surface area contributed by atoms with E-state index in [1.807, 2.05) is 12.1 Å². The zero-order valence-electron chi connectivity index (χ0n) is 9.82. The number of pyridine rings is 1. The van der Waals surface area contributed by atoms with Gasteiger partial charge in [-0.05, 0) is 34.5 Å². The average Bonchev–Trinajstić information content (AvgIpc) is 2.29. The molecule has 1 rings (SSSR count). The number of hydrogen-bond donors (Lipinski definition) is 1. The minimum absolute atomic E-state index is 0.0126. The fourth-order valence-electron chi connectivity index (χ4n) is 1.69. The molecule has 0 bridgehead atoms. The summed E-state index contributed by atoms with van der Waals surface area (Å²) in [6.45, 7) is 2.14. The van der Waals surface area contributed by atoms with Gasteiger partial charge in [0.2, 0.25) is 0 Å². The van der Waals surface area contributed by atoms with Crippen LogP contribution in [0, 0.1) is 0 Å². The van der Waals surface area contributed by atoms with Crippen LogP contribution in [-0.2, 0) is 11.2 Å². The van der Waals surface area contributed by atoms with Crippen molar-refractivity contribution in [2.75, 3.05) is 7.11 Å². The third-order valence-electron chi connectivity index (χ3n) is 2.59. The van der Waals surface area contributed by atoms with Crippen LogP contribution in [0.2, 0.25) is 0 Å². The maximum absolute atomic E-state index is 6.11. The fraction of sp³-hybridized carbons (Fsp3) is 0.583. The third kappa shape index (κ3) is 4.20. The summed E-state index contributed by atoms with van der Waals surface area (Å²) >= 11 is 3.36. The highest BCUT2D eigenvalue weighted by molar-refractivity contribution is 9.10. The minimum Gasteiger partial charge on any atom is -0.380 e. The van der Waals surface area contributed by atoms with Crippen molar-refractivity contribution >= 4 is 15.9 Å². The first-order valence-electron chi connectivity index (χ1n) is 5.56. The molecular weight excluding hydrogens is 268 g/mol. The number of hydrogen-bond acceptors (Lipinski definition) is 3. The van der Waals surface area contributed by atoms with Crippen molar-refractivity contribution in [3.8, 4) is 0 Å². The van der Waals surface area contributed by atoms with Crippen LogP contribution in [0.1, 0.15) is 25.5 Å². The Bertz CT molecular complexity index is 302. The van der Waals surface area contributed by atoms with Crippen LogP contribution in [0.3, 0.4) is 0 Å². The van der Waals surface area contributed by atoms with E-state index >= 15 is 0 Å². The predicted molar refractivity (Wildman–Crippen MR) is 69.3 cm³/mol. The van der Waals surface area contributed by atoms with Crippen LogP contribution < -0.4 is 5.73 Å². The second-order valence-corrected chi connectivity index (χ2v) is 4.81. The number of ether oxygens (including phenoxy) is 1. The van der Waals surface area contributed by atoms with Gasteiger partial charge in [0.05, 0.1) is 6.10 Å². The van der Waals surface area contributed by atoms with Gasteiger partial charge in [0.1, 0.15) is 0 Å². The summed E-state index contributed by atoms with van der Waals surface area (Å²) in [5, 5.41) is 0. The Morgan fingerprint density at radius 2 is 2.25 bits per heavy atom. The highest BCUT2D eigenvalue weighted by Gasteiger charge is 2.17. The van der Waals surface area contributed by atoms with E-state index in [1.54, 1.807) is 13.3 Å². The monoisotopic (exact) mass is 286 g/mol. The van der Waals surface area contributed by atoms with Crippen LogP contribution in [0.25, 0.3) is 0 Å². The molecule has 0 radical (unpaired) electrons. The standard InChI is InChI=1S/C12H19BrN2O/c1-3-4-12(16-2)11(14)7-10-6-5-9(13)8-15-10/h5-6,8,11-12H,3-4,7,14H2,1-2H3. The molecule has 16 heavy (non-hydrogen) atoms. The fourth-order valence-corrected chi connectivity index (χ4v) is 1.93. The van der Waals surface area contributed by atoms with E-state index in [0.717, 1.165) is 29.4 Å². The SMILES string of the molecule is CCCC(OC)C(N)Cc1ccc(Br)cn1. The predicted octanol–water partition coefficient (Wildman–Crippen LogP) is 2.53. The maximum Gasteiger partial charge on any atom is 0.0725 e. The van der Waals surface area contributed by atoms with Gasteiger partial charge in [0.15, 0.2) is 0 Å².